The van der Waals surface area contributed by atoms with E-state index in [1.54, 1.807) is 0 Å². The molecule has 0 radical (unpaired) electrons. The Balaban J connectivity index is 3.90. The molecule has 3 heteroatoms. The smallest absolute Gasteiger partial charge is 0.332 e. The molecular weight excluding hydrogens is 142 g/mol. The third kappa shape index (κ3) is 5.45. The molecule has 0 aliphatic carbocycles. The molecule has 11 heavy (non-hydrogen) atoms. The molecule has 0 rings (SSSR count). The van der Waals surface area contributed by atoms with Crippen molar-refractivity contribution in [3.8, 4) is 0 Å². The van der Waals surface area contributed by atoms with Crippen LogP contribution in [-0.4, -0.2) is 13.1 Å². The van der Waals surface area contributed by atoms with Gasteiger partial charge in [0.05, 0.1) is 7.11 Å². The summed E-state index contributed by atoms with van der Waals surface area (Å²) < 4.78 is 4.41. The van der Waals surface area contributed by atoms with Gasteiger partial charge in [0.1, 0.15) is 0 Å². The highest BCUT2D eigenvalue weighted by molar-refractivity contribution is 5.82. The lowest BCUT2D eigenvalue weighted by atomic mass is 10.1. The van der Waals surface area contributed by atoms with E-state index in [1.807, 2.05) is 13.8 Å². The fourth-order valence-corrected chi connectivity index (χ4v) is 0.741. The molecule has 0 fully saturated rings. The van der Waals surface area contributed by atoms with Crippen molar-refractivity contribution in [2.75, 3.05) is 7.11 Å². The monoisotopic (exact) mass is 157 g/mol. The van der Waals surface area contributed by atoms with Crippen molar-refractivity contribution in [2.24, 2.45) is 11.7 Å². The van der Waals surface area contributed by atoms with Crippen molar-refractivity contribution in [3.63, 3.8) is 0 Å². The summed E-state index contributed by atoms with van der Waals surface area (Å²) in [4.78, 5) is 10.6. The van der Waals surface area contributed by atoms with Crippen LogP contribution in [0.1, 0.15) is 20.3 Å². The van der Waals surface area contributed by atoms with Crippen molar-refractivity contribution in [2.45, 2.75) is 20.3 Å². The van der Waals surface area contributed by atoms with Gasteiger partial charge < -0.3 is 10.5 Å². The molecule has 0 bridgehead atoms. The molecule has 0 aromatic heterocycles. The first-order valence-electron chi connectivity index (χ1n) is 3.60. The zero-order valence-electron chi connectivity index (χ0n) is 7.26. The lowest BCUT2D eigenvalue weighted by Crippen LogP contribution is -2.06. The van der Waals surface area contributed by atoms with E-state index >= 15 is 0 Å². The predicted octanol–water partition coefficient (Wildman–Crippen LogP) is 1.05. The minimum atomic E-state index is -0.386. The molecule has 0 atom stereocenters. The molecule has 0 saturated heterocycles. The molecule has 0 heterocycles. The van der Waals surface area contributed by atoms with E-state index in [0.29, 0.717) is 11.6 Å². The van der Waals surface area contributed by atoms with Crippen LogP contribution in [0, 0.1) is 5.92 Å². The minimum Gasteiger partial charge on any atom is -0.466 e. The Kier molecular flexibility index (Phi) is 4.34. The van der Waals surface area contributed by atoms with Gasteiger partial charge in [-0.25, -0.2) is 4.79 Å². The Labute approximate surface area is 67.2 Å². The number of carbonyl (C=O) groups is 1. The lowest BCUT2D eigenvalue weighted by Gasteiger charge is -2.03. The molecule has 2 N–H and O–H groups in total. The van der Waals surface area contributed by atoms with Gasteiger partial charge in [0, 0.05) is 11.8 Å². The first-order valence-corrected chi connectivity index (χ1v) is 3.60. The first kappa shape index (κ1) is 10.0. The molecular formula is C8H15NO2. The van der Waals surface area contributed by atoms with Crippen molar-refractivity contribution in [1.29, 1.82) is 0 Å². The summed E-state index contributed by atoms with van der Waals surface area (Å²) in [6, 6.07) is 0. The Hall–Kier alpha value is -0.990. The number of rotatable bonds is 3. The Bertz CT molecular complexity index is 161. The summed E-state index contributed by atoms with van der Waals surface area (Å²) >= 11 is 0. The van der Waals surface area contributed by atoms with Gasteiger partial charge in [0.25, 0.3) is 0 Å². The lowest BCUT2D eigenvalue weighted by molar-refractivity contribution is -0.134. The maximum atomic E-state index is 10.6. The van der Waals surface area contributed by atoms with E-state index < -0.39 is 0 Å². The highest BCUT2D eigenvalue weighted by Gasteiger charge is 1.99. The highest BCUT2D eigenvalue weighted by atomic mass is 16.5. The molecule has 0 spiro atoms. The van der Waals surface area contributed by atoms with Crippen LogP contribution in [0.25, 0.3) is 0 Å². The van der Waals surface area contributed by atoms with Crippen molar-refractivity contribution >= 4 is 5.97 Å². The number of hydrogen-bond acceptors (Lipinski definition) is 3. The maximum absolute atomic E-state index is 10.6. The van der Waals surface area contributed by atoms with Crippen LogP contribution >= 0.6 is 0 Å². The Morgan fingerprint density at radius 2 is 2.18 bits per heavy atom. The summed E-state index contributed by atoms with van der Waals surface area (Å²) in [5.41, 5.74) is 6.09. The summed E-state index contributed by atoms with van der Waals surface area (Å²) in [5.74, 6) is 0.0825. The van der Waals surface area contributed by atoms with E-state index in [0.717, 1.165) is 6.42 Å². The predicted molar refractivity (Wildman–Crippen MR) is 43.7 cm³/mol. The molecule has 0 aliphatic heterocycles. The summed E-state index contributed by atoms with van der Waals surface area (Å²) in [6.07, 6.45) is 2.05. The number of hydrogen-bond donors (Lipinski definition) is 1. The van der Waals surface area contributed by atoms with E-state index in [1.165, 1.54) is 13.2 Å². The molecule has 64 valence electrons. The van der Waals surface area contributed by atoms with Crippen LogP contribution in [0.2, 0.25) is 0 Å². The van der Waals surface area contributed by atoms with Gasteiger partial charge in [0.15, 0.2) is 0 Å². The first-order chi connectivity index (χ1) is 5.06. The molecule has 0 amide bonds. The van der Waals surface area contributed by atoms with Gasteiger partial charge in [-0.1, -0.05) is 13.8 Å². The third-order valence-corrected chi connectivity index (χ3v) is 1.15. The SMILES string of the molecule is COC(=O)/C=C(\N)CC(C)C. The zero-order valence-corrected chi connectivity index (χ0v) is 7.26. The second-order valence-electron chi connectivity index (χ2n) is 2.84. The summed E-state index contributed by atoms with van der Waals surface area (Å²) in [5, 5.41) is 0. The van der Waals surface area contributed by atoms with Gasteiger partial charge in [-0.2, -0.15) is 0 Å². The van der Waals surface area contributed by atoms with Crippen LogP contribution in [0.5, 0.6) is 0 Å². The Morgan fingerprint density at radius 3 is 2.55 bits per heavy atom. The normalized spacial score (nSPS) is 11.8. The van der Waals surface area contributed by atoms with Crippen LogP contribution < -0.4 is 5.73 Å². The van der Waals surface area contributed by atoms with Crippen LogP contribution in [-0.2, 0) is 9.53 Å². The van der Waals surface area contributed by atoms with Crippen LogP contribution in [0.15, 0.2) is 11.8 Å². The van der Waals surface area contributed by atoms with Crippen molar-refractivity contribution < 1.29 is 9.53 Å². The number of nitrogens with two attached hydrogens (primary N) is 1. The molecule has 0 aromatic rings. The molecule has 0 saturated carbocycles. The number of methoxy groups -OCH3 is 1. The average molecular weight is 157 g/mol. The molecule has 0 aliphatic rings. The van der Waals surface area contributed by atoms with E-state index in [4.69, 9.17) is 5.73 Å². The number of carbonyl (C=O) groups excluding carboxylic acids is 1. The molecule has 0 aromatic carbocycles. The standard InChI is InChI=1S/C8H15NO2/c1-6(2)4-7(9)5-8(10)11-3/h5-6H,4,9H2,1-3H3/b7-5-. The molecule has 0 unspecified atom stereocenters. The topological polar surface area (TPSA) is 52.3 Å². The van der Waals surface area contributed by atoms with E-state index in [-0.39, 0.29) is 5.97 Å². The number of allylic oxidation sites excluding steroid dienone is 1. The highest BCUT2D eigenvalue weighted by Crippen LogP contribution is 2.04. The fourth-order valence-electron chi connectivity index (χ4n) is 0.741. The zero-order chi connectivity index (χ0) is 8.85. The third-order valence-electron chi connectivity index (χ3n) is 1.15. The largest absolute Gasteiger partial charge is 0.466 e. The maximum Gasteiger partial charge on any atom is 0.332 e. The van der Waals surface area contributed by atoms with E-state index in [2.05, 4.69) is 4.74 Å². The fraction of sp³-hybridized carbons (Fsp3) is 0.625. The number of ether oxygens (including phenoxy) is 1. The minimum absolute atomic E-state index is 0.386. The molecule has 3 nitrogen and oxygen atoms in total. The second kappa shape index (κ2) is 4.77. The summed E-state index contributed by atoms with van der Waals surface area (Å²) in [7, 11) is 1.33. The van der Waals surface area contributed by atoms with Gasteiger partial charge in [-0.05, 0) is 12.3 Å². The average Bonchev–Trinajstić information content (AvgIpc) is 1.85. The Morgan fingerprint density at radius 1 is 1.64 bits per heavy atom. The van der Waals surface area contributed by atoms with Crippen molar-refractivity contribution in [3.05, 3.63) is 11.8 Å². The van der Waals surface area contributed by atoms with E-state index in [9.17, 15) is 4.79 Å². The van der Waals surface area contributed by atoms with Gasteiger partial charge in [-0.3, -0.25) is 0 Å². The number of esters is 1. The quantitative estimate of drug-likeness (QED) is 0.492. The van der Waals surface area contributed by atoms with Gasteiger partial charge in [0.2, 0.25) is 0 Å². The van der Waals surface area contributed by atoms with Crippen LogP contribution in [0.4, 0.5) is 0 Å². The van der Waals surface area contributed by atoms with Gasteiger partial charge >= 0.3 is 5.97 Å². The van der Waals surface area contributed by atoms with Crippen molar-refractivity contribution in [1.82, 2.24) is 0 Å². The van der Waals surface area contributed by atoms with Gasteiger partial charge in [-0.15, -0.1) is 0 Å². The second-order valence-corrected chi connectivity index (χ2v) is 2.84. The van der Waals surface area contributed by atoms with Crippen LogP contribution in [0.3, 0.4) is 0 Å². The summed E-state index contributed by atoms with van der Waals surface area (Å²) in [6.45, 7) is 4.08.